The molecular formula is C10H5BrF2N2O4S2. The van der Waals surface area contributed by atoms with Gasteiger partial charge in [-0.2, -0.15) is 0 Å². The monoisotopic (exact) mass is 398 g/mol. The van der Waals surface area contributed by atoms with Crippen molar-refractivity contribution in [3.8, 4) is 0 Å². The second kappa shape index (κ2) is 5.66. The van der Waals surface area contributed by atoms with Crippen molar-refractivity contribution in [2.45, 2.75) is 4.21 Å². The maximum atomic E-state index is 13.6. The van der Waals surface area contributed by atoms with E-state index in [0.29, 0.717) is 17.4 Å². The maximum Gasteiger partial charge on any atom is 0.356 e. The molecule has 0 bridgehead atoms. The Morgan fingerprint density at radius 2 is 2.00 bits per heavy atom. The van der Waals surface area contributed by atoms with Crippen LogP contribution in [0.25, 0.3) is 0 Å². The molecule has 112 valence electrons. The van der Waals surface area contributed by atoms with E-state index in [1.54, 1.807) is 4.72 Å². The van der Waals surface area contributed by atoms with E-state index in [9.17, 15) is 22.0 Å². The smallest absolute Gasteiger partial charge is 0.356 e. The van der Waals surface area contributed by atoms with Crippen LogP contribution in [-0.2, 0) is 10.0 Å². The van der Waals surface area contributed by atoms with Gasteiger partial charge < -0.3 is 5.11 Å². The molecule has 2 rings (SSSR count). The number of halogens is 3. The number of nitrogens with one attached hydrogen (secondary N) is 1. The van der Waals surface area contributed by atoms with E-state index in [4.69, 9.17) is 5.11 Å². The molecule has 0 amide bonds. The topological polar surface area (TPSA) is 96.4 Å². The summed E-state index contributed by atoms with van der Waals surface area (Å²) in [6.07, 6.45) is 0. The highest BCUT2D eigenvalue weighted by Gasteiger charge is 2.27. The minimum atomic E-state index is -4.39. The molecular weight excluding hydrogens is 394 g/mol. The highest BCUT2D eigenvalue weighted by Crippen LogP contribution is 2.27. The number of thiazole rings is 1. The fourth-order valence-electron chi connectivity index (χ4n) is 1.36. The molecule has 21 heavy (non-hydrogen) atoms. The van der Waals surface area contributed by atoms with Crippen LogP contribution in [0.1, 0.15) is 10.5 Å². The number of nitrogens with zero attached hydrogens (tertiary/aromatic N) is 1. The zero-order valence-corrected chi connectivity index (χ0v) is 13.0. The Hall–Kier alpha value is -1.59. The summed E-state index contributed by atoms with van der Waals surface area (Å²) in [5, 5.41) is 8.83. The Morgan fingerprint density at radius 3 is 2.62 bits per heavy atom. The fraction of sp³-hybridized carbons (Fsp3) is 0. The molecule has 1 aromatic heterocycles. The van der Waals surface area contributed by atoms with Gasteiger partial charge in [0, 0.05) is 6.07 Å². The molecule has 0 spiro atoms. The van der Waals surface area contributed by atoms with Crippen LogP contribution < -0.4 is 4.72 Å². The van der Waals surface area contributed by atoms with E-state index < -0.39 is 43.2 Å². The van der Waals surface area contributed by atoms with Crippen LogP contribution in [-0.4, -0.2) is 24.5 Å². The normalized spacial score (nSPS) is 11.4. The van der Waals surface area contributed by atoms with E-state index >= 15 is 0 Å². The first kappa shape index (κ1) is 15.8. The van der Waals surface area contributed by atoms with E-state index in [0.717, 1.165) is 11.6 Å². The van der Waals surface area contributed by atoms with Gasteiger partial charge in [0.2, 0.25) is 0 Å². The van der Waals surface area contributed by atoms with Gasteiger partial charge >= 0.3 is 5.97 Å². The van der Waals surface area contributed by atoms with E-state index in [1.807, 2.05) is 0 Å². The van der Waals surface area contributed by atoms with Gasteiger partial charge in [0.15, 0.2) is 9.90 Å². The third-order valence-corrected chi connectivity index (χ3v) is 5.58. The summed E-state index contributed by atoms with van der Waals surface area (Å²) < 4.78 is 52.0. The predicted molar refractivity (Wildman–Crippen MR) is 73.9 cm³/mol. The van der Waals surface area contributed by atoms with Gasteiger partial charge in [0.05, 0.1) is 15.7 Å². The van der Waals surface area contributed by atoms with Crippen molar-refractivity contribution in [3.05, 3.63) is 39.4 Å². The number of anilines is 1. The van der Waals surface area contributed by atoms with Gasteiger partial charge in [0.1, 0.15) is 11.6 Å². The van der Waals surface area contributed by atoms with Gasteiger partial charge in [0.25, 0.3) is 10.0 Å². The van der Waals surface area contributed by atoms with Gasteiger partial charge in [-0.1, -0.05) is 0 Å². The van der Waals surface area contributed by atoms with E-state index in [1.165, 1.54) is 0 Å². The largest absolute Gasteiger partial charge is 0.476 e. The van der Waals surface area contributed by atoms with Gasteiger partial charge in [-0.25, -0.2) is 27.0 Å². The van der Waals surface area contributed by atoms with Crippen LogP contribution in [0, 0.1) is 11.6 Å². The third-order valence-electron chi connectivity index (χ3n) is 2.24. The van der Waals surface area contributed by atoms with Crippen LogP contribution in [0.3, 0.4) is 0 Å². The number of rotatable bonds is 4. The number of hydrogen-bond donors (Lipinski definition) is 2. The van der Waals surface area contributed by atoms with Crippen molar-refractivity contribution in [2.24, 2.45) is 0 Å². The van der Waals surface area contributed by atoms with E-state index in [-0.39, 0.29) is 4.47 Å². The number of carbonyl (C=O) groups is 1. The first-order chi connectivity index (χ1) is 9.72. The minimum absolute atomic E-state index is 0.174. The Balaban J connectivity index is 2.45. The molecule has 2 aromatic rings. The standard InChI is InChI=1S/C10H5BrF2N2O4S2/c11-4-1-6(13)7(2-5(4)12)15-21(18,19)10-8(9(16)17)14-3-20-10/h1-3,15H,(H,16,17). The average Bonchev–Trinajstić information content (AvgIpc) is 2.85. The lowest BCUT2D eigenvalue weighted by Gasteiger charge is -2.08. The molecule has 2 N–H and O–H groups in total. The summed E-state index contributed by atoms with van der Waals surface area (Å²) in [5.41, 5.74) is -0.303. The molecule has 0 saturated carbocycles. The lowest BCUT2D eigenvalue weighted by atomic mass is 10.3. The van der Waals surface area contributed by atoms with Crippen LogP contribution >= 0.6 is 27.3 Å². The summed E-state index contributed by atoms with van der Waals surface area (Å²) in [5.74, 6) is -3.44. The minimum Gasteiger partial charge on any atom is -0.476 e. The second-order valence-electron chi connectivity index (χ2n) is 3.65. The quantitative estimate of drug-likeness (QED) is 0.771. The van der Waals surface area contributed by atoms with Crippen molar-refractivity contribution < 1.29 is 27.1 Å². The highest BCUT2D eigenvalue weighted by atomic mass is 79.9. The molecule has 0 aliphatic heterocycles. The number of hydrogen-bond acceptors (Lipinski definition) is 5. The molecule has 0 aliphatic carbocycles. The van der Waals surface area contributed by atoms with Crippen LogP contribution in [0.2, 0.25) is 0 Å². The Labute approximate surface area is 129 Å². The summed E-state index contributed by atoms with van der Waals surface area (Å²) in [6, 6.07) is 1.39. The molecule has 6 nitrogen and oxygen atoms in total. The molecule has 0 unspecified atom stereocenters. The molecule has 0 radical (unpaired) electrons. The summed E-state index contributed by atoms with van der Waals surface area (Å²) in [6.45, 7) is 0. The first-order valence-corrected chi connectivity index (χ1v) is 8.22. The zero-order valence-electron chi connectivity index (χ0n) is 9.80. The number of sulfonamides is 1. The number of carboxylic acid groups (broad SMARTS) is 1. The van der Waals surface area contributed by atoms with Crippen molar-refractivity contribution in [2.75, 3.05) is 4.72 Å². The summed E-state index contributed by atoms with van der Waals surface area (Å²) >= 11 is 3.30. The van der Waals surface area contributed by atoms with Crippen LogP contribution in [0.15, 0.2) is 26.3 Å². The molecule has 11 heteroatoms. The number of aromatic nitrogens is 1. The molecule has 0 aliphatic rings. The molecule has 1 aromatic carbocycles. The Bertz CT molecular complexity index is 822. The van der Waals surface area contributed by atoms with E-state index in [2.05, 4.69) is 20.9 Å². The van der Waals surface area contributed by atoms with Gasteiger partial charge in [-0.15, -0.1) is 11.3 Å². The zero-order chi connectivity index (χ0) is 15.8. The molecule has 1 heterocycles. The Kier molecular flexibility index (Phi) is 4.25. The summed E-state index contributed by atoms with van der Waals surface area (Å²) in [7, 11) is -4.39. The predicted octanol–water partition coefficient (Wildman–Crippen LogP) is 2.68. The summed E-state index contributed by atoms with van der Waals surface area (Å²) in [4.78, 5) is 14.3. The maximum absolute atomic E-state index is 13.6. The second-order valence-corrected chi connectivity index (χ2v) is 7.23. The van der Waals surface area contributed by atoms with Crippen molar-refractivity contribution >= 4 is 48.9 Å². The third kappa shape index (κ3) is 3.19. The molecule has 0 atom stereocenters. The van der Waals surface area contributed by atoms with Gasteiger partial charge in [-0.05, 0) is 22.0 Å². The van der Waals surface area contributed by atoms with Crippen molar-refractivity contribution in [1.29, 1.82) is 0 Å². The van der Waals surface area contributed by atoms with Crippen molar-refractivity contribution in [1.82, 2.24) is 4.98 Å². The number of aromatic carboxylic acids is 1. The fourth-order valence-corrected chi connectivity index (χ4v) is 3.88. The first-order valence-electron chi connectivity index (χ1n) is 5.06. The number of benzene rings is 1. The van der Waals surface area contributed by atoms with Crippen LogP contribution in [0.5, 0.6) is 0 Å². The lowest BCUT2D eigenvalue weighted by molar-refractivity contribution is 0.0687. The SMILES string of the molecule is O=C(O)c1ncsc1S(=O)(=O)Nc1cc(F)c(Br)cc1F. The lowest BCUT2D eigenvalue weighted by Crippen LogP contribution is -2.16. The Morgan fingerprint density at radius 1 is 1.33 bits per heavy atom. The van der Waals surface area contributed by atoms with Crippen LogP contribution in [0.4, 0.5) is 14.5 Å². The average molecular weight is 399 g/mol. The molecule has 0 saturated heterocycles. The number of carboxylic acids is 1. The van der Waals surface area contributed by atoms with Gasteiger partial charge in [-0.3, -0.25) is 4.72 Å². The molecule has 0 fully saturated rings. The highest BCUT2D eigenvalue weighted by molar-refractivity contribution is 9.10. The van der Waals surface area contributed by atoms with Crippen molar-refractivity contribution in [3.63, 3.8) is 0 Å².